The Balaban J connectivity index is 2.90. The summed E-state index contributed by atoms with van der Waals surface area (Å²) in [5.74, 6) is 0.182. The lowest BCUT2D eigenvalue weighted by molar-refractivity contribution is -0.128. The van der Waals surface area contributed by atoms with Crippen LogP contribution in [0.5, 0.6) is 5.75 Å². The first-order chi connectivity index (χ1) is 9.14. The molecular weight excluding hydrogens is 299 g/mol. The SMILES string of the molecule is CC(Oc1c(Cl)cc(Cl)cc1CN)C(=O)NC(C)(C)C. The summed E-state index contributed by atoms with van der Waals surface area (Å²) in [6.07, 6.45) is -0.682. The lowest BCUT2D eigenvalue weighted by atomic mass is 10.1. The molecule has 1 aromatic rings. The summed E-state index contributed by atoms with van der Waals surface area (Å²) in [5.41, 5.74) is 5.98. The molecule has 0 aliphatic carbocycles. The molecule has 1 atom stereocenters. The number of ether oxygens (including phenoxy) is 1. The van der Waals surface area contributed by atoms with E-state index in [1.165, 1.54) is 0 Å². The highest BCUT2D eigenvalue weighted by Gasteiger charge is 2.22. The lowest BCUT2D eigenvalue weighted by Crippen LogP contribution is -2.46. The van der Waals surface area contributed by atoms with E-state index in [9.17, 15) is 4.79 Å². The minimum absolute atomic E-state index is 0.216. The second-order valence-electron chi connectivity index (χ2n) is 5.58. The van der Waals surface area contributed by atoms with Crippen LogP contribution in [0.2, 0.25) is 10.0 Å². The van der Waals surface area contributed by atoms with Crippen molar-refractivity contribution in [2.24, 2.45) is 5.73 Å². The maximum Gasteiger partial charge on any atom is 0.261 e. The summed E-state index contributed by atoms with van der Waals surface area (Å²) in [7, 11) is 0. The molecule has 1 rings (SSSR count). The van der Waals surface area contributed by atoms with E-state index >= 15 is 0 Å². The fourth-order valence-corrected chi connectivity index (χ4v) is 2.18. The number of nitrogens with two attached hydrogens (primary N) is 1. The van der Waals surface area contributed by atoms with Crippen molar-refractivity contribution in [3.05, 3.63) is 27.7 Å². The van der Waals surface area contributed by atoms with Crippen molar-refractivity contribution < 1.29 is 9.53 Å². The van der Waals surface area contributed by atoms with Gasteiger partial charge in [0.15, 0.2) is 6.10 Å². The summed E-state index contributed by atoms with van der Waals surface area (Å²) in [6.45, 7) is 7.59. The monoisotopic (exact) mass is 318 g/mol. The van der Waals surface area contributed by atoms with Crippen LogP contribution in [0.15, 0.2) is 12.1 Å². The standard InChI is InChI=1S/C14H20Cl2N2O2/c1-8(13(19)18-14(2,3)4)20-12-9(7-17)5-10(15)6-11(12)16/h5-6,8H,7,17H2,1-4H3,(H,18,19). The normalized spacial score (nSPS) is 12.9. The summed E-state index contributed by atoms with van der Waals surface area (Å²) >= 11 is 12.0. The van der Waals surface area contributed by atoms with E-state index in [1.807, 2.05) is 20.8 Å². The molecule has 0 saturated heterocycles. The molecule has 0 saturated carbocycles. The first-order valence-corrected chi connectivity index (χ1v) is 7.06. The smallest absolute Gasteiger partial charge is 0.261 e. The first kappa shape index (κ1) is 17.1. The van der Waals surface area contributed by atoms with E-state index in [0.29, 0.717) is 21.4 Å². The molecule has 0 aliphatic heterocycles. The van der Waals surface area contributed by atoms with Crippen LogP contribution < -0.4 is 15.8 Å². The molecule has 0 aliphatic rings. The third-order valence-electron chi connectivity index (χ3n) is 2.47. The maximum atomic E-state index is 12.0. The van der Waals surface area contributed by atoms with Crippen LogP contribution in [0.4, 0.5) is 0 Å². The summed E-state index contributed by atoms with van der Waals surface area (Å²) < 4.78 is 5.65. The predicted molar refractivity (Wildman–Crippen MR) is 82.3 cm³/mol. The Labute approximate surface area is 129 Å². The predicted octanol–water partition coefficient (Wildman–Crippen LogP) is 3.13. The van der Waals surface area contributed by atoms with Gasteiger partial charge in [0.25, 0.3) is 5.91 Å². The van der Waals surface area contributed by atoms with Gasteiger partial charge in [-0.1, -0.05) is 23.2 Å². The summed E-state index contributed by atoms with van der Waals surface area (Å²) in [4.78, 5) is 12.0. The van der Waals surface area contributed by atoms with Gasteiger partial charge < -0.3 is 15.8 Å². The molecule has 20 heavy (non-hydrogen) atoms. The largest absolute Gasteiger partial charge is 0.479 e. The number of nitrogens with one attached hydrogen (secondary N) is 1. The van der Waals surface area contributed by atoms with Crippen LogP contribution in [-0.4, -0.2) is 17.6 Å². The molecule has 1 aromatic carbocycles. The van der Waals surface area contributed by atoms with E-state index in [4.69, 9.17) is 33.7 Å². The van der Waals surface area contributed by atoms with E-state index < -0.39 is 6.10 Å². The zero-order valence-corrected chi connectivity index (χ0v) is 13.6. The third-order valence-corrected chi connectivity index (χ3v) is 2.97. The van der Waals surface area contributed by atoms with Crippen molar-refractivity contribution in [2.75, 3.05) is 0 Å². The van der Waals surface area contributed by atoms with Gasteiger partial charge in [-0.3, -0.25) is 4.79 Å². The van der Waals surface area contributed by atoms with E-state index in [-0.39, 0.29) is 18.0 Å². The Morgan fingerprint density at radius 2 is 2.00 bits per heavy atom. The van der Waals surface area contributed by atoms with Crippen LogP contribution in [0.25, 0.3) is 0 Å². The molecule has 3 N–H and O–H groups in total. The molecule has 0 heterocycles. The molecule has 4 nitrogen and oxygen atoms in total. The number of carbonyl (C=O) groups excluding carboxylic acids is 1. The fourth-order valence-electron chi connectivity index (χ4n) is 1.60. The fraction of sp³-hybridized carbons (Fsp3) is 0.500. The van der Waals surface area contributed by atoms with Gasteiger partial charge >= 0.3 is 0 Å². The molecule has 112 valence electrons. The van der Waals surface area contributed by atoms with Crippen molar-refractivity contribution in [1.29, 1.82) is 0 Å². The molecule has 0 radical (unpaired) electrons. The minimum atomic E-state index is -0.682. The van der Waals surface area contributed by atoms with Gasteiger partial charge in [-0.05, 0) is 39.8 Å². The summed E-state index contributed by atoms with van der Waals surface area (Å²) in [5, 5.41) is 3.67. The average Bonchev–Trinajstić information content (AvgIpc) is 2.29. The van der Waals surface area contributed by atoms with E-state index in [2.05, 4.69) is 5.32 Å². The first-order valence-electron chi connectivity index (χ1n) is 6.30. The van der Waals surface area contributed by atoms with Gasteiger partial charge in [0.1, 0.15) is 5.75 Å². The Bertz CT molecular complexity index is 499. The molecule has 0 fully saturated rings. The Kier molecular flexibility index (Phi) is 5.68. The van der Waals surface area contributed by atoms with Crippen molar-refractivity contribution in [3.63, 3.8) is 0 Å². The minimum Gasteiger partial charge on any atom is -0.479 e. The van der Waals surface area contributed by atoms with Crippen molar-refractivity contribution in [2.45, 2.75) is 45.9 Å². The number of carbonyl (C=O) groups is 1. The molecule has 1 amide bonds. The quantitative estimate of drug-likeness (QED) is 0.896. The summed E-state index contributed by atoms with van der Waals surface area (Å²) in [6, 6.07) is 3.24. The average molecular weight is 319 g/mol. The van der Waals surface area contributed by atoms with Crippen molar-refractivity contribution >= 4 is 29.1 Å². The Morgan fingerprint density at radius 1 is 1.40 bits per heavy atom. The van der Waals surface area contributed by atoms with Crippen LogP contribution in [-0.2, 0) is 11.3 Å². The van der Waals surface area contributed by atoms with Crippen molar-refractivity contribution in [3.8, 4) is 5.75 Å². The second-order valence-corrected chi connectivity index (χ2v) is 6.42. The number of amides is 1. The van der Waals surface area contributed by atoms with Gasteiger partial charge in [0.2, 0.25) is 0 Å². The maximum absolute atomic E-state index is 12.0. The number of hydrogen-bond donors (Lipinski definition) is 2. The Hall–Kier alpha value is -0.970. The highest BCUT2D eigenvalue weighted by Crippen LogP contribution is 2.33. The molecule has 0 aromatic heterocycles. The number of benzene rings is 1. The van der Waals surface area contributed by atoms with Crippen LogP contribution in [0.1, 0.15) is 33.3 Å². The second kappa shape index (κ2) is 6.66. The van der Waals surface area contributed by atoms with E-state index in [1.54, 1.807) is 19.1 Å². The van der Waals surface area contributed by atoms with Crippen LogP contribution in [0, 0.1) is 0 Å². The van der Waals surface area contributed by atoms with Gasteiger partial charge in [-0.15, -0.1) is 0 Å². The van der Waals surface area contributed by atoms with Crippen LogP contribution >= 0.6 is 23.2 Å². The van der Waals surface area contributed by atoms with Crippen molar-refractivity contribution in [1.82, 2.24) is 5.32 Å². The number of halogens is 2. The highest BCUT2D eigenvalue weighted by molar-refractivity contribution is 6.35. The molecule has 0 spiro atoms. The molecule has 1 unspecified atom stereocenters. The zero-order valence-electron chi connectivity index (χ0n) is 12.1. The van der Waals surface area contributed by atoms with E-state index in [0.717, 1.165) is 0 Å². The Morgan fingerprint density at radius 3 is 2.50 bits per heavy atom. The molecular formula is C14H20Cl2N2O2. The third kappa shape index (κ3) is 4.85. The van der Waals surface area contributed by atoms with Crippen LogP contribution in [0.3, 0.4) is 0 Å². The number of rotatable bonds is 4. The van der Waals surface area contributed by atoms with Gasteiger partial charge in [-0.25, -0.2) is 0 Å². The number of hydrogen-bond acceptors (Lipinski definition) is 3. The molecule has 0 bridgehead atoms. The highest BCUT2D eigenvalue weighted by atomic mass is 35.5. The lowest BCUT2D eigenvalue weighted by Gasteiger charge is -2.24. The van der Waals surface area contributed by atoms with Gasteiger partial charge in [0, 0.05) is 22.7 Å². The van der Waals surface area contributed by atoms with Gasteiger partial charge in [-0.2, -0.15) is 0 Å². The van der Waals surface area contributed by atoms with Gasteiger partial charge in [0.05, 0.1) is 5.02 Å². The topological polar surface area (TPSA) is 64.3 Å². The zero-order chi connectivity index (χ0) is 15.5. The molecule has 6 heteroatoms.